The Labute approximate surface area is 181 Å². The Morgan fingerprint density at radius 3 is 2.65 bits per heavy atom. The summed E-state index contributed by atoms with van der Waals surface area (Å²) in [7, 11) is 1.86. The number of nitrogens with zero attached hydrogens (tertiary/aromatic N) is 6. The molecular weight excluding hydrogens is 416 g/mol. The zero-order valence-corrected chi connectivity index (χ0v) is 17.5. The van der Waals surface area contributed by atoms with Crippen LogP contribution in [0.1, 0.15) is 6.92 Å². The predicted octanol–water partition coefficient (Wildman–Crippen LogP) is 3.78. The smallest absolute Gasteiger partial charge is 0.318 e. The van der Waals surface area contributed by atoms with Gasteiger partial charge >= 0.3 is 6.01 Å². The Kier molecular flexibility index (Phi) is 4.63. The Bertz CT molecular complexity index is 1490. The Morgan fingerprint density at radius 2 is 1.87 bits per heavy atom. The van der Waals surface area contributed by atoms with Gasteiger partial charge in [-0.05, 0) is 43.3 Å². The van der Waals surface area contributed by atoms with Crippen LogP contribution in [0.4, 0.5) is 0 Å². The molecule has 2 aromatic carbocycles. The normalized spacial score (nSPS) is 11.3. The third kappa shape index (κ3) is 3.40. The summed E-state index contributed by atoms with van der Waals surface area (Å²) in [6, 6.07) is 12.8. The quantitative estimate of drug-likeness (QED) is 0.429. The molecule has 0 atom stereocenters. The lowest BCUT2D eigenvalue weighted by atomic mass is 10.1. The molecule has 0 N–H and O–H groups in total. The average Bonchev–Trinajstić information content (AvgIpc) is 3.14. The van der Waals surface area contributed by atoms with Gasteiger partial charge in [-0.1, -0.05) is 17.7 Å². The van der Waals surface area contributed by atoms with E-state index in [4.69, 9.17) is 16.3 Å². The van der Waals surface area contributed by atoms with E-state index in [0.717, 1.165) is 10.9 Å². The largest absolute Gasteiger partial charge is 0.464 e. The molecule has 0 spiro atoms. The van der Waals surface area contributed by atoms with E-state index >= 15 is 0 Å². The van der Waals surface area contributed by atoms with Crippen molar-refractivity contribution in [3.8, 4) is 23.0 Å². The molecule has 154 valence electrons. The van der Waals surface area contributed by atoms with Crippen LogP contribution in [-0.4, -0.2) is 35.9 Å². The van der Waals surface area contributed by atoms with E-state index in [-0.39, 0.29) is 11.6 Å². The van der Waals surface area contributed by atoms with Crippen LogP contribution in [0.3, 0.4) is 0 Å². The lowest BCUT2D eigenvalue weighted by Gasteiger charge is -2.12. The minimum absolute atomic E-state index is 0.184. The molecule has 8 nitrogen and oxygen atoms in total. The number of aromatic nitrogens is 6. The predicted molar refractivity (Wildman–Crippen MR) is 119 cm³/mol. The summed E-state index contributed by atoms with van der Waals surface area (Å²) in [6.07, 6.45) is 3.46. The van der Waals surface area contributed by atoms with Gasteiger partial charge in [-0.25, -0.2) is 9.97 Å². The number of rotatable bonds is 4. The number of benzene rings is 2. The van der Waals surface area contributed by atoms with Gasteiger partial charge in [-0.3, -0.25) is 14.0 Å². The molecule has 0 amide bonds. The van der Waals surface area contributed by atoms with Crippen molar-refractivity contribution in [3.05, 3.63) is 70.2 Å². The first kappa shape index (κ1) is 19.2. The molecule has 3 aromatic heterocycles. The van der Waals surface area contributed by atoms with Gasteiger partial charge in [0.2, 0.25) is 0 Å². The average molecular weight is 433 g/mol. The Balaban J connectivity index is 1.81. The van der Waals surface area contributed by atoms with Crippen LogP contribution < -0.4 is 10.3 Å². The van der Waals surface area contributed by atoms with Crippen LogP contribution in [0.15, 0.2) is 59.7 Å². The molecule has 0 aliphatic carbocycles. The van der Waals surface area contributed by atoms with Crippen LogP contribution in [-0.2, 0) is 7.05 Å². The van der Waals surface area contributed by atoms with Gasteiger partial charge in [0.25, 0.3) is 5.56 Å². The topological polar surface area (TPSA) is 87.7 Å². The van der Waals surface area contributed by atoms with Crippen molar-refractivity contribution in [1.82, 2.24) is 29.3 Å². The summed E-state index contributed by atoms with van der Waals surface area (Å²) in [6.45, 7) is 2.25. The second kappa shape index (κ2) is 7.48. The zero-order chi connectivity index (χ0) is 21.5. The number of fused-ring (bicyclic) bond motifs is 2. The third-order valence-electron chi connectivity index (χ3n) is 4.83. The molecule has 31 heavy (non-hydrogen) atoms. The van der Waals surface area contributed by atoms with Crippen molar-refractivity contribution in [2.45, 2.75) is 6.92 Å². The molecule has 3 heterocycles. The van der Waals surface area contributed by atoms with Gasteiger partial charge in [0.05, 0.1) is 24.0 Å². The van der Waals surface area contributed by atoms with Gasteiger partial charge in [0, 0.05) is 29.2 Å². The number of hydrogen-bond acceptors (Lipinski definition) is 6. The van der Waals surface area contributed by atoms with Crippen LogP contribution >= 0.6 is 11.6 Å². The van der Waals surface area contributed by atoms with Crippen molar-refractivity contribution in [1.29, 1.82) is 0 Å². The van der Waals surface area contributed by atoms with Crippen LogP contribution in [0, 0.1) is 0 Å². The maximum absolute atomic E-state index is 13.6. The van der Waals surface area contributed by atoms with E-state index in [1.54, 1.807) is 35.1 Å². The van der Waals surface area contributed by atoms with Gasteiger partial charge in [-0.15, -0.1) is 0 Å². The van der Waals surface area contributed by atoms with Crippen molar-refractivity contribution in [3.63, 3.8) is 0 Å². The highest BCUT2D eigenvalue weighted by Crippen LogP contribution is 2.24. The van der Waals surface area contributed by atoms with Gasteiger partial charge in [0.1, 0.15) is 11.2 Å². The standard InChI is InChI=1S/C22H17ClN6O2/c1-3-31-22-24-11-18-20(26-22)29(16-7-5-15(23)6-8-16)21(30)19(25-18)13-4-9-17-14(10-13)12-28(2)27-17/h4-12H,3H2,1-2H3. The van der Waals surface area contributed by atoms with Crippen molar-refractivity contribution in [2.75, 3.05) is 6.61 Å². The number of aryl methyl sites for hydroxylation is 1. The Hall–Kier alpha value is -3.78. The molecular formula is C22H17ClN6O2. The highest BCUT2D eigenvalue weighted by atomic mass is 35.5. The SMILES string of the molecule is CCOc1ncc2nc(-c3ccc4nn(C)cc4c3)c(=O)n(-c3ccc(Cl)cc3)c2n1. The highest BCUT2D eigenvalue weighted by Gasteiger charge is 2.17. The van der Waals surface area contributed by atoms with E-state index in [1.807, 2.05) is 38.4 Å². The Morgan fingerprint density at radius 1 is 1.06 bits per heavy atom. The lowest BCUT2D eigenvalue weighted by Crippen LogP contribution is -2.23. The number of ether oxygens (including phenoxy) is 1. The molecule has 0 bridgehead atoms. The molecule has 9 heteroatoms. The number of hydrogen-bond donors (Lipinski definition) is 0. The monoisotopic (exact) mass is 432 g/mol. The second-order valence-corrected chi connectivity index (χ2v) is 7.38. The molecule has 0 saturated carbocycles. The first-order valence-electron chi connectivity index (χ1n) is 9.66. The van der Waals surface area contributed by atoms with Gasteiger partial charge < -0.3 is 4.74 Å². The maximum Gasteiger partial charge on any atom is 0.318 e. The van der Waals surface area contributed by atoms with Crippen molar-refractivity contribution in [2.24, 2.45) is 7.05 Å². The first-order valence-corrected chi connectivity index (χ1v) is 10.0. The molecule has 0 aliphatic rings. The van der Waals surface area contributed by atoms with Crippen molar-refractivity contribution < 1.29 is 4.74 Å². The van der Waals surface area contributed by atoms with E-state index < -0.39 is 0 Å². The van der Waals surface area contributed by atoms with Crippen LogP contribution in [0.2, 0.25) is 5.02 Å². The van der Waals surface area contributed by atoms with E-state index in [1.165, 1.54) is 4.57 Å². The first-order chi connectivity index (χ1) is 15.0. The molecule has 0 radical (unpaired) electrons. The van der Waals surface area contributed by atoms with Gasteiger partial charge in [0.15, 0.2) is 5.65 Å². The molecule has 0 aliphatic heterocycles. The maximum atomic E-state index is 13.6. The summed E-state index contributed by atoms with van der Waals surface area (Å²) in [5.41, 5.74) is 2.96. The molecule has 0 saturated heterocycles. The highest BCUT2D eigenvalue weighted by molar-refractivity contribution is 6.30. The molecule has 5 rings (SSSR count). The zero-order valence-electron chi connectivity index (χ0n) is 16.8. The summed E-state index contributed by atoms with van der Waals surface area (Å²) in [4.78, 5) is 26.9. The summed E-state index contributed by atoms with van der Waals surface area (Å²) in [5.74, 6) is 0. The summed E-state index contributed by atoms with van der Waals surface area (Å²) >= 11 is 6.05. The summed E-state index contributed by atoms with van der Waals surface area (Å²) in [5, 5.41) is 5.88. The fourth-order valence-corrected chi connectivity index (χ4v) is 3.60. The second-order valence-electron chi connectivity index (χ2n) is 6.95. The van der Waals surface area contributed by atoms with Crippen LogP contribution in [0.25, 0.3) is 39.0 Å². The molecule has 5 aromatic rings. The van der Waals surface area contributed by atoms with Crippen molar-refractivity contribution >= 4 is 33.7 Å². The lowest BCUT2D eigenvalue weighted by molar-refractivity contribution is 0.313. The fourth-order valence-electron chi connectivity index (χ4n) is 3.48. The van der Waals surface area contributed by atoms with E-state index in [9.17, 15) is 4.79 Å². The molecule has 0 fully saturated rings. The molecule has 0 unspecified atom stereocenters. The summed E-state index contributed by atoms with van der Waals surface area (Å²) < 4.78 is 8.67. The number of halogens is 1. The van der Waals surface area contributed by atoms with Crippen LogP contribution in [0.5, 0.6) is 6.01 Å². The van der Waals surface area contributed by atoms with E-state index in [2.05, 4.69) is 20.1 Å². The third-order valence-corrected chi connectivity index (χ3v) is 5.08. The fraction of sp³-hybridized carbons (Fsp3) is 0.136. The van der Waals surface area contributed by atoms with E-state index in [0.29, 0.717) is 39.7 Å². The minimum atomic E-state index is -0.306. The minimum Gasteiger partial charge on any atom is -0.464 e. The van der Waals surface area contributed by atoms with Gasteiger partial charge in [-0.2, -0.15) is 10.1 Å².